The zero-order valence-electron chi connectivity index (χ0n) is 20.8. The molecular formula is C22H49N5O3+2. The molecule has 0 spiro atoms. The fraction of sp³-hybridized carbons (Fsp3) is 0.909. The van der Waals surface area contributed by atoms with Crippen LogP contribution in [0.15, 0.2) is 0 Å². The highest BCUT2D eigenvalue weighted by atomic mass is 16.3. The van der Waals surface area contributed by atoms with Gasteiger partial charge in [-0.05, 0) is 20.5 Å². The number of rotatable bonds is 16. The minimum absolute atomic E-state index is 0.0538. The molecule has 2 atom stereocenters. The summed E-state index contributed by atoms with van der Waals surface area (Å²) in [5, 5.41) is 16.1. The summed E-state index contributed by atoms with van der Waals surface area (Å²) in [6.45, 7) is 8.77. The van der Waals surface area contributed by atoms with Crippen LogP contribution in [0.5, 0.6) is 0 Å². The molecule has 0 aliphatic carbocycles. The van der Waals surface area contributed by atoms with Gasteiger partial charge in [-0.2, -0.15) is 0 Å². The molecular weight excluding hydrogens is 382 g/mol. The summed E-state index contributed by atoms with van der Waals surface area (Å²) >= 11 is 0. The number of quaternary nitrogens is 2. The average Bonchev–Trinajstić information content (AvgIpc) is 2.59. The molecule has 0 fully saturated rings. The molecule has 0 aromatic heterocycles. The van der Waals surface area contributed by atoms with Gasteiger partial charge in [-0.15, -0.1) is 0 Å². The molecule has 0 aliphatic rings. The fourth-order valence-electron chi connectivity index (χ4n) is 3.48. The van der Waals surface area contributed by atoms with Gasteiger partial charge in [0, 0.05) is 38.4 Å². The SMILES string of the molecule is CCC(C)C(=O)NCCC[N+](C)(C)CC(=O)NCCC[N+](C)(C)CC(O)CN(C)C. The third-order valence-electron chi connectivity index (χ3n) is 5.41. The lowest BCUT2D eigenvalue weighted by atomic mass is 10.1. The van der Waals surface area contributed by atoms with Crippen LogP contribution < -0.4 is 10.6 Å². The van der Waals surface area contributed by atoms with Gasteiger partial charge in [0.05, 0.1) is 41.3 Å². The Balaban J connectivity index is 4.06. The number of likely N-dealkylation sites (N-methyl/N-ethyl adjacent to an activating group) is 3. The van der Waals surface area contributed by atoms with E-state index in [1.165, 1.54) is 0 Å². The predicted molar refractivity (Wildman–Crippen MR) is 123 cm³/mol. The van der Waals surface area contributed by atoms with Gasteiger partial charge in [-0.3, -0.25) is 9.59 Å². The van der Waals surface area contributed by atoms with Gasteiger partial charge in [-0.1, -0.05) is 13.8 Å². The Kier molecular flexibility index (Phi) is 13.4. The largest absolute Gasteiger partial charge is 0.386 e. The quantitative estimate of drug-likeness (QED) is 0.240. The van der Waals surface area contributed by atoms with Crippen molar-refractivity contribution in [3.8, 4) is 0 Å². The molecule has 0 rings (SSSR count). The number of aliphatic hydroxyl groups excluding tert-OH is 1. The Morgan fingerprint density at radius 2 is 1.50 bits per heavy atom. The van der Waals surface area contributed by atoms with Gasteiger partial charge in [0.2, 0.25) is 5.91 Å². The molecule has 0 bridgehead atoms. The lowest BCUT2D eigenvalue weighted by Gasteiger charge is -2.33. The maximum Gasteiger partial charge on any atom is 0.275 e. The number of nitrogens with zero attached hydrogens (tertiary/aromatic N) is 3. The van der Waals surface area contributed by atoms with Gasteiger partial charge in [-0.25, -0.2) is 0 Å². The molecule has 2 unspecified atom stereocenters. The number of hydrogen-bond acceptors (Lipinski definition) is 4. The number of aliphatic hydroxyl groups is 1. The van der Waals surface area contributed by atoms with Crippen molar-refractivity contribution in [3.63, 3.8) is 0 Å². The van der Waals surface area contributed by atoms with Gasteiger partial charge in [0.15, 0.2) is 6.54 Å². The van der Waals surface area contributed by atoms with Crippen LogP contribution >= 0.6 is 0 Å². The minimum Gasteiger partial charge on any atom is -0.386 e. The normalized spacial score (nSPS) is 14.5. The summed E-state index contributed by atoms with van der Waals surface area (Å²) in [5.74, 6) is 0.218. The first-order valence-electron chi connectivity index (χ1n) is 11.3. The van der Waals surface area contributed by atoms with Crippen LogP contribution in [0.2, 0.25) is 0 Å². The van der Waals surface area contributed by atoms with E-state index in [9.17, 15) is 14.7 Å². The molecule has 30 heavy (non-hydrogen) atoms. The zero-order chi connectivity index (χ0) is 23.4. The first-order valence-corrected chi connectivity index (χ1v) is 11.3. The Morgan fingerprint density at radius 1 is 0.967 bits per heavy atom. The van der Waals surface area contributed by atoms with Crippen LogP contribution in [-0.2, 0) is 9.59 Å². The molecule has 0 aromatic rings. The summed E-state index contributed by atoms with van der Waals surface area (Å²) in [4.78, 5) is 26.1. The van der Waals surface area contributed by atoms with Crippen molar-refractivity contribution in [2.24, 2.45) is 5.92 Å². The molecule has 8 nitrogen and oxygen atoms in total. The van der Waals surface area contributed by atoms with E-state index in [0.29, 0.717) is 37.2 Å². The van der Waals surface area contributed by atoms with Crippen molar-refractivity contribution in [3.05, 3.63) is 0 Å². The minimum atomic E-state index is -0.349. The summed E-state index contributed by atoms with van der Waals surface area (Å²) in [6.07, 6.45) is 2.23. The fourth-order valence-corrected chi connectivity index (χ4v) is 3.48. The number of hydrogen-bond donors (Lipinski definition) is 3. The highest BCUT2D eigenvalue weighted by molar-refractivity contribution is 5.78. The summed E-state index contributed by atoms with van der Waals surface area (Å²) in [7, 11) is 12.2. The van der Waals surface area contributed by atoms with Gasteiger partial charge < -0.3 is 29.6 Å². The molecule has 0 radical (unpaired) electrons. The Labute approximate surface area is 184 Å². The van der Waals surface area contributed by atoms with E-state index in [-0.39, 0.29) is 23.8 Å². The zero-order valence-corrected chi connectivity index (χ0v) is 20.8. The second kappa shape index (κ2) is 14.0. The summed E-state index contributed by atoms with van der Waals surface area (Å²) in [5.41, 5.74) is 0. The Morgan fingerprint density at radius 3 is 2.03 bits per heavy atom. The summed E-state index contributed by atoms with van der Waals surface area (Å²) in [6, 6.07) is 0. The lowest BCUT2D eigenvalue weighted by molar-refractivity contribution is -0.893. The van der Waals surface area contributed by atoms with Gasteiger partial charge in [0.1, 0.15) is 12.6 Å². The van der Waals surface area contributed by atoms with Crippen molar-refractivity contribution in [1.82, 2.24) is 15.5 Å². The lowest BCUT2D eigenvalue weighted by Crippen LogP contribution is -2.50. The van der Waals surface area contributed by atoms with Crippen LogP contribution in [0.3, 0.4) is 0 Å². The van der Waals surface area contributed by atoms with E-state index in [4.69, 9.17) is 0 Å². The third-order valence-corrected chi connectivity index (χ3v) is 5.41. The second-order valence-corrected chi connectivity index (χ2v) is 10.2. The number of nitrogens with one attached hydrogen (secondary N) is 2. The van der Waals surface area contributed by atoms with Gasteiger partial charge in [0.25, 0.3) is 5.91 Å². The molecule has 0 saturated heterocycles. The van der Waals surface area contributed by atoms with E-state index < -0.39 is 0 Å². The molecule has 0 saturated carbocycles. The first kappa shape index (κ1) is 28.8. The van der Waals surface area contributed by atoms with Crippen molar-refractivity contribution < 1.29 is 23.7 Å². The highest BCUT2D eigenvalue weighted by Crippen LogP contribution is 2.04. The van der Waals surface area contributed by atoms with Crippen LogP contribution in [-0.4, -0.2) is 125 Å². The molecule has 3 N–H and O–H groups in total. The first-order chi connectivity index (χ1) is 13.8. The molecule has 178 valence electrons. The van der Waals surface area contributed by atoms with Crippen LogP contribution in [0.4, 0.5) is 0 Å². The third kappa shape index (κ3) is 14.7. The van der Waals surface area contributed by atoms with Crippen molar-refractivity contribution in [1.29, 1.82) is 0 Å². The van der Waals surface area contributed by atoms with Crippen LogP contribution in [0.25, 0.3) is 0 Å². The smallest absolute Gasteiger partial charge is 0.275 e. The number of carbonyl (C=O) groups excluding carboxylic acids is 2. The summed E-state index contributed by atoms with van der Waals surface area (Å²) < 4.78 is 1.33. The number of amides is 2. The maximum atomic E-state index is 12.3. The topological polar surface area (TPSA) is 81.7 Å². The van der Waals surface area contributed by atoms with Crippen LogP contribution in [0, 0.1) is 5.92 Å². The predicted octanol–water partition coefficient (Wildman–Crippen LogP) is 0.120. The number of carbonyl (C=O) groups is 2. The monoisotopic (exact) mass is 431 g/mol. The molecule has 8 heteroatoms. The molecule has 0 heterocycles. The van der Waals surface area contributed by atoms with Gasteiger partial charge >= 0.3 is 0 Å². The van der Waals surface area contributed by atoms with E-state index in [0.717, 1.165) is 36.8 Å². The Hall–Kier alpha value is -1.22. The Bertz CT molecular complexity index is 509. The second-order valence-electron chi connectivity index (χ2n) is 10.2. The highest BCUT2D eigenvalue weighted by Gasteiger charge is 2.22. The maximum absolute atomic E-state index is 12.3. The van der Waals surface area contributed by atoms with Crippen molar-refractivity contribution >= 4 is 11.8 Å². The van der Waals surface area contributed by atoms with E-state index >= 15 is 0 Å². The van der Waals surface area contributed by atoms with E-state index in [1.54, 1.807) is 0 Å². The average molecular weight is 432 g/mol. The standard InChI is InChI=1S/C22H47N5O3/c1-9-19(2)22(30)24-13-11-15-27(7,8)18-21(29)23-12-10-14-26(5,6)17-20(28)16-25(3)4/h19-20,28H,9-18H2,1-8H3/p+2. The molecule has 0 aromatic carbocycles. The van der Waals surface area contributed by atoms with E-state index in [1.807, 2.05) is 46.9 Å². The molecule has 2 amide bonds. The molecule has 0 aliphatic heterocycles. The van der Waals surface area contributed by atoms with Crippen molar-refractivity contribution in [2.45, 2.75) is 39.2 Å². The van der Waals surface area contributed by atoms with Crippen LogP contribution in [0.1, 0.15) is 33.1 Å². The van der Waals surface area contributed by atoms with E-state index in [2.05, 4.69) is 24.7 Å². The van der Waals surface area contributed by atoms with Crippen molar-refractivity contribution in [2.75, 3.05) is 88.1 Å².